The van der Waals surface area contributed by atoms with E-state index in [4.69, 9.17) is 5.11 Å². The maximum atomic E-state index is 12.0. The van der Waals surface area contributed by atoms with E-state index in [1.54, 1.807) is 4.68 Å². The number of carboxylic acids is 1. The van der Waals surface area contributed by atoms with Gasteiger partial charge in [0.25, 0.3) is 0 Å². The predicted octanol–water partition coefficient (Wildman–Crippen LogP) is -0.857. The molecule has 1 N–H and O–H groups in total. The van der Waals surface area contributed by atoms with Gasteiger partial charge in [0.05, 0.1) is 6.54 Å². The van der Waals surface area contributed by atoms with Crippen LogP contribution < -0.4 is 0 Å². The molecule has 0 spiro atoms. The minimum absolute atomic E-state index is 0.195. The first kappa shape index (κ1) is 15.1. The molecule has 8 nitrogen and oxygen atoms in total. The average Bonchev–Trinajstić information content (AvgIpc) is 2.83. The van der Waals surface area contributed by atoms with Crippen molar-refractivity contribution in [3.05, 3.63) is 12.7 Å². The van der Waals surface area contributed by atoms with Gasteiger partial charge in [-0.15, -0.1) is 0 Å². The van der Waals surface area contributed by atoms with Crippen LogP contribution in [0, 0.1) is 0 Å². The molecule has 8 heteroatoms. The van der Waals surface area contributed by atoms with E-state index in [9.17, 15) is 9.59 Å². The van der Waals surface area contributed by atoms with Gasteiger partial charge in [0.1, 0.15) is 19.2 Å². The molecule has 0 aliphatic rings. The quantitative estimate of drug-likeness (QED) is 0.660. The Hall–Kier alpha value is -1.96. The van der Waals surface area contributed by atoms with E-state index >= 15 is 0 Å². The lowest BCUT2D eigenvalue weighted by Crippen LogP contribution is -2.40. The van der Waals surface area contributed by atoms with Gasteiger partial charge in [0, 0.05) is 19.5 Å². The van der Waals surface area contributed by atoms with Crippen LogP contribution in [-0.4, -0.2) is 75.3 Å². The predicted molar refractivity (Wildman–Crippen MR) is 67.4 cm³/mol. The minimum Gasteiger partial charge on any atom is -0.480 e. The molecular formula is C11H19N5O3. The fourth-order valence-corrected chi connectivity index (χ4v) is 1.49. The molecule has 106 valence electrons. The van der Waals surface area contributed by atoms with Crippen molar-refractivity contribution in [3.8, 4) is 0 Å². The van der Waals surface area contributed by atoms with Crippen molar-refractivity contribution < 1.29 is 14.7 Å². The van der Waals surface area contributed by atoms with E-state index in [1.165, 1.54) is 17.6 Å². The molecular weight excluding hydrogens is 250 g/mol. The first-order chi connectivity index (χ1) is 8.99. The molecule has 0 radical (unpaired) electrons. The summed E-state index contributed by atoms with van der Waals surface area (Å²) >= 11 is 0. The Bertz CT molecular complexity index is 404. The summed E-state index contributed by atoms with van der Waals surface area (Å²) in [5, 5.41) is 12.7. The lowest BCUT2D eigenvalue weighted by Gasteiger charge is -2.22. The molecule has 0 aliphatic heterocycles. The van der Waals surface area contributed by atoms with Gasteiger partial charge in [0.2, 0.25) is 5.91 Å². The van der Waals surface area contributed by atoms with Crippen LogP contribution in [-0.2, 0) is 16.1 Å². The molecule has 0 atom stereocenters. The summed E-state index contributed by atoms with van der Waals surface area (Å²) in [6.45, 7) is 1.15. The molecule has 0 saturated heterocycles. The van der Waals surface area contributed by atoms with Gasteiger partial charge in [-0.3, -0.25) is 14.3 Å². The molecule has 19 heavy (non-hydrogen) atoms. The third-order valence-corrected chi connectivity index (χ3v) is 2.52. The summed E-state index contributed by atoms with van der Waals surface area (Å²) < 4.78 is 1.54. The van der Waals surface area contributed by atoms with Crippen molar-refractivity contribution in [1.29, 1.82) is 0 Å². The molecule has 0 unspecified atom stereocenters. The second-order valence-corrected chi connectivity index (χ2v) is 4.42. The molecule has 0 aliphatic carbocycles. The van der Waals surface area contributed by atoms with Gasteiger partial charge in [-0.2, -0.15) is 5.10 Å². The molecule has 1 aromatic rings. The van der Waals surface area contributed by atoms with Crippen LogP contribution in [0.25, 0.3) is 0 Å². The second-order valence-electron chi connectivity index (χ2n) is 4.42. The number of amides is 1. The van der Waals surface area contributed by atoms with Crippen molar-refractivity contribution in [2.75, 3.05) is 33.7 Å². The van der Waals surface area contributed by atoms with Crippen molar-refractivity contribution in [1.82, 2.24) is 24.6 Å². The summed E-state index contributed by atoms with van der Waals surface area (Å²) in [7, 11) is 3.75. The van der Waals surface area contributed by atoms with Crippen LogP contribution in [0.3, 0.4) is 0 Å². The van der Waals surface area contributed by atoms with E-state index in [1.807, 2.05) is 19.0 Å². The fraction of sp³-hybridized carbons (Fsp3) is 0.636. The highest BCUT2D eigenvalue weighted by Gasteiger charge is 2.16. The average molecular weight is 269 g/mol. The van der Waals surface area contributed by atoms with Crippen molar-refractivity contribution >= 4 is 11.9 Å². The maximum Gasteiger partial charge on any atom is 0.323 e. The van der Waals surface area contributed by atoms with Gasteiger partial charge in [-0.25, -0.2) is 4.98 Å². The SMILES string of the molecule is CN(C)CCN(CC(=O)O)C(=O)CCn1cncn1. The number of carbonyl (C=O) groups is 2. The fourth-order valence-electron chi connectivity index (χ4n) is 1.49. The van der Waals surface area contributed by atoms with Gasteiger partial charge in [-0.1, -0.05) is 0 Å². The highest BCUT2D eigenvalue weighted by Crippen LogP contribution is 1.98. The third kappa shape index (κ3) is 5.96. The summed E-state index contributed by atoms with van der Waals surface area (Å²) in [5.41, 5.74) is 0. The Morgan fingerprint density at radius 3 is 2.58 bits per heavy atom. The van der Waals surface area contributed by atoms with Crippen LogP contribution in [0.5, 0.6) is 0 Å². The highest BCUT2D eigenvalue weighted by molar-refractivity contribution is 5.81. The number of likely N-dealkylation sites (N-methyl/N-ethyl adjacent to an activating group) is 1. The minimum atomic E-state index is -1.01. The topological polar surface area (TPSA) is 91.6 Å². The molecule has 0 saturated carbocycles. The van der Waals surface area contributed by atoms with Crippen LogP contribution in [0.2, 0.25) is 0 Å². The Labute approximate surface area is 111 Å². The summed E-state index contributed by atoms with van der Waals surface area (Å²) in [6.07, 6.45) is 3.13. The van der Waals surface area contributed by atoms with E-state index in [-0.39, 0.29) is 18.9 Å². The number of rotatable bonds is 8. The van der Waals surface area contributed by atoms with Gasteiger partial charge in [0.15, 0.2) is 0 Å². The molecule has 1 amide bonds. The summed E-state index contributed by atoms with van der Waals surface area (Å²) in [5.74, 6) is -1.20. The number of carbonyl (C=O) groups excluding carboxylic acids is 1. The van der Waals surface area contributed by atoms with E-state index < -0.39 is 5.97 Å². The molecule has 0 aromatic carbocycles. The normalized spacial score (nSPS) is 10.7. The lowest BCUT2D eigenvalue weighted by molar-refractivity contribution is -0.144. The van der Waals surface area contributed by atoms with E-state index in [2.05, 4.69) is 10.1 Å². The molecule has 0 bridgehead atoms. The van der Waals surface area contributed by atoms with Crippen molar-refractivity contribution in [2.45, 2.75) is 13.0 Å². The second kappa shape index (κ2) is 7.47. The lowest BCUT2D eigenvalue weighted by atomic mass is 10.3. The zero-order chi connectivity index (χ0) is 14.3. The van der Waals surface area contributed by atoms with Gasteiger partial charge in [-0.05, 0) is 14.1 Å². The number of nitrogens with zero attached hydrogens (tertiary/aromatic N) is 5. The van der Waals surface area contributed by atoms with Gasteiger partial charge >= 0.3 is 5.97 Å². The standard InChI is InChI=1S/C11H19N5O3/c1-14(2)5-6-15(7-11(18)19)10(17)3-4-16-9-12-8-13-16/h8-9H,3-7H2,1-2H3,(H,18,19). The highest BCUT2D eigenvalue weighted by atomic mass is 16.4. The number of aryl methyl sites for hydroxylation is 1. The van der Waals surface area contributed by atoms with Crippen molar-refractivity contribution in [2.24, 2.45) is 0 Å². The van der Waals surface area contributed by atoms with Crippen LogP contribution in [0.1, 0.15) is 6.42 Å². The molecule has 1 aromatic heterocycles. The van der Waals surface area contributed by atoms with Crippen LogP contribution >= 0.6 is 0 Å². The van der Waals surface area contributed by atoms with Crippen LogP contribution in [0.4, 0.5) is 0 Å². The summed E-state index contributed by atoms with van der Waals surface area (Å²) in [4.78, 5) is 29.8. The first-order valence-electron chi connectivity index (χ1n) is 5.95. The Kier molecular flexibility index (Phi) is 5.94. The Morgan fingerprint density at radius 2 is 2.05 bits per heavy atom. The Balaban J connectivity index is 2.47. The largest absolute Gasteiger partial charge is 0.480 e. The number of aliphatic carboxylic acids is 1. The number of hydrogen-bond donors (Lipinski definition) is 1. The number of hydrogen-bond acceptors (Lipinski definition) is 5. The smallest absolute Gasteiger partial charge is 0.323 e. The Morgan fingerprint density at radius 1 is 1.32 bits per heavy atom. The molecule has 1 heterocycles. The maximum absolute atomic E-state index is 12.0. The first-order valence-corrected chi connectivity index (χ1v) is 5.95. The summed E-state index contributed by atoms with van der Waals surface area (Å²) in [6, 6.07) is 0. The van der Waals surface area contributed by atoms with E-state index in [0.29, 0.717) is 19.6 Å². The number of aromatic nitrogens is 3. The zero-order valence-electron chi connectivity index (χ0n) is 11.2. The monoisotopic (exact) mass is 269 g/mol. The third-order valence-electron chi connectivity index (χ3n) is 2.52. The van der Waals surface area contributed by atoms with Gasteiger partial charge < -0.3 is 14.9 Å². The molecule has 1 rings (SSSR count). The number of carboxylic acid groups (broad SMARTS) is 1. The van der Waals surface area contributed by atoms with Crippen molar-refractivity contribution in [3.63, 3.8) is 0 Å². The molecule has 0 fully saturated rings. The van der Waals surface area contributed by atoms with Crippen LogP contribution in [0.15, 0.2) is 12.7 Å². The van der Waals surface area contributed by atoms with E-state index in [0.717, 1.165) is 0 Å². The zero-order valence-corrected chi connectivity index (χ0v) is 11.2.